The Labute approximate surface area is 130 Å². The van der Waals surface area contributed by atoms with Crippen molar-refractivity contribution in [1.82, 2.24) is 15.4 Å². The standard InChI is InChI=1S/C12H17N5O2S2/c1-4-8(10(18)14-9-6-7(3)19-17-9)20-12-16-15-11(21-12)13-5-2/h6,8H,4-5H2,1-3H3,(H,13,15)(H,14,17,18). The highest BCUT2D eigenvalue weighted by Crippen LogP contribution is 2.30. The van der Waals surface area contributed by atoms with Crippen LogP contribution in [0.2, 0.25) is 0 Å². The predicted octanol–water partition coefficient (Wildman–Crippen LogP) is 2.78. The Morgan fingerprint density at radius 2 is 2.29 bits per heavy atom. The summed E-state index contributed by atoms with van der Waals surface area (Å²) >= 11 is 2.85. The fourth-order valence-electron chi connectivity index (χ4n) is 1.56. The molecule has 0 aliphatic carbocycles. The second-order valence-corrected chi connectivity index (χ2v) is 6.66. The van der Waals surface area contributed by atoms with Crippen molar-refractivity contribution in [3.05, 3.63) is 11.8 Å². The van der Waals surface area contributed by atoms with Gasteiger partial charge in [-0.1, -0.05) is 35.2 Å². The first-order valence-corrected chi connectivity index (χ1v) is 8.30. The van der Waals surface area contributed by atoms with E-state index in [9.17, 15) is 4.79 Å². The second kappa shape index (κ2) is 7.41. The smallest absolute Gasteiger partial charge is 0.239 e. The number of nitrogens with one attached hydrogen (secondary N) is 2. The van der Waals surface area contributed by atoms with E-state index in [1.54, 1.807) is 13.0 Å². The van der Waals surface area contributed by atoms with E-state index in [1.165, 1.54) is 23.1 Å². The van der Waals surface area contributed by atoms with E-state index in [4.69, 9.17) is 4.52 Å². The highest BCUT2D eigenvalue weighted by atomic mass is 32.2. The van der Waals surface area contributed by atoms with Gasteiger partial charge in [0.1, 0.15) is 5.76 Å². The first-order chi connectivity index (χ1) is 10.1. The quantitative estimate of drug-likeness (QED) is 0.755. The molecule has 0 aromatic carbocycles. The number of aryl methyl sites for hydroxylation is 1. The summed E-state index contributed by atoms with van der Waals surface area (Å²) in [5, 5.41) is 18.2. The fraction of sp³-hybridized carbons (Fsp3) is 0.500. The average molecular weight is 327 g/mol. The van der Waals surface area contributed by atoms with E-state index in [0.717, 1.165) is 16.0 Å². The summed E-state index contributed by atoms with van der Waals surface area (Å²) in [4.78, 5) is 12.2. The lowest BCUT2D eigenvalue weighted by atomic mass is 10.3. The molecule has 2 aromatic heterocycles. The average Bonchev–Trinajstić information content (AvgIpc) is 3.06. The van der Waals surface area contributed by atoms with Gasteiger partial charge in [-0.15, -0.1) is 10.2 Å². The molecule has 1 atom stereocenters. The molecule has 7 nitrogen and oxygen atoms in total. The molecule has 0 aliphatic rings. The Bertz CT molecular complexity index is 598. The Morgan fingerprint density at radius 3 is 2.90 bits per heavy atom. The number of carbonyl (C=O) groups excluding carboxylic acids is 1. The lowest BCUT2D eigenvalue weighted by molar-refractivity contribution is -0.115. The molecule has 1 unspecified atom stereocenters. The van der Waals surface area contributed by atoms with Crippen molar-refractivity contribution in [3.8, 4) is 0 Å². The minimum atomic E-state index is -0.246. The van der Waals surface area contributed by atoms with Crippen LogP contribution in [0.3, 0.4) is 0 Å². The molecule has 0 aliphatic heterocycles. The van der Waals surface area contributed by atoms with Gasteiger partial charge in [-0.05, 0) is 20.3 Å². The molecule has 0 saturated carbocycles. The van der Waals surface area contributed by atoms with E-state index in [2.05, 4.69) is 26.0 Å². The fourth-order valence-corrected chi connectivity index (χ4v) is 3.54. The van der Waals surface area contributed by atoms with Gasteiger partial charge >= 0.3 is 0 Å². The molecule has 0 spiro atoms. The van der Waals surface area contributed by atoms with Crippen LogP contribution in [-0.4, -0.2) is 33.1 Å². The highest BCUT2D eigenvalue weighted by molar-refractivity contribution is 8.02. The molecule has 2 rings (SSSR count). The number of rotatable bonds is 7. The summed E-state index contributed by atoms with van der Waals surface area (Å²) in [6.45, 7) is 6.52. The third-order valence-electron chi connectivity index (χ3n) is 2.52. The normalized spacial score (nSPS) is 12.1. The topological polar surface area (TPSA) is 92.9 Å². The van der Waals surface area contributed by atoms with Gasteiger partial charge in [0, 0.05) is 12.6 Å². The summed E-state index contributed by atoms with van der Waals surface area (Å²) in [5.41, 5.74) is 0. The van der Waals surface area contributed by atoms with Crippen LogP contribution < -0.4 is 10.6 Å². The molecule has 0 radical (unpaired) electrons. The molecule has 1 amide bonds. The maximum atomic E-state index is 12.2. The molecule has 0 bridgehead atoms. The molecule has 2 aromatic rings. The van der Waals surface area contributed by atoms with Crippen LogP contribution in [0.4, 0.5) is 10.9 Å². The number of hydrogen-bond donors (Lipinski definition) is 2. The summed E-state index contributed by atoms with van der Waals surface area (Å²) < 4.78 is 5.70. The zero-order valence-corrected chi connectivity index (χ0v) is 13.7. The van der Waals surface area contributed by atoms with Gasteiger partial charge in [0.2, 0.25) is 11.0 Å². The third kappa shape index (κ3) is 4.43. The van der Waals surface area contributed by atoms with Gasteiger partial charge in [-0.3, -0.25) is 4.79 Å². The van der Waals surface area contributed by atoms with Crippen molar-refractivity contribution < 1.29 is 9.32 Å². The molecule has 21 heavy (non-hydrogen) atoms. The molecule has 114 valence electrons. The first kappa shape index (κ1) is 15.8. The molecule has 2 heterocycles. The summed E-state index contributed by atoms with van der Waals surface area (Å²) in [6.07, 6.45) is 0.684. The van der Waals surface area contributed by atoms with Crippen LogP contribution in [0.1, 0.15) is 26.0 Å². The Morgan fingerprint density at radius 1 is 1.48 bits per heavy atom. The molecule has 2 N–H and O–H groups in total. The number of anilines is 2. The van der Waals surface area contributed by atoms with Crippen LogP contribution in [-0.2, 0) is 4.79 Å². The van der Waals surface area contributed by atoms with E-state index in [1.807, 2.05) is 13.8 Å². The maximum absolute atomic E-state index is 12.2. The maximum Gasteiger partial charge on any atom is 0.239 e. The van der Waals surface area contributed by atoms with Crippen LogP contribution >= 0.6 is 23.1 Å². The van der Waals surface area contributed by atoms with Gasteiger partial charge in [-0.25, -0.2) is 0 Å². The van der Waals surface area contributed by atoms with Gasteiger partial charge < -0.3 is 15.2 Å². The van der Waals surface area contributed by atoms with Crippen molar-refractivity contribution in [2.45, 2.75) is 36.8 Å². The van der Waals surface area contributed by atoms with E-state index in [-0.39, 0.29) is 11.2 Å². The minimum absolute atomic E-state index is 0.115. The Kier molecular flexibility index (Phi) is 5.57. The summed E-state index contributed by atoms with van der Waals surface area (Å²) in [6, 6.07) is 1.68. The second-order valence-electron chi connectivity index (χ2n) is 4.23. The minimum Gasteiger partial charge on any atom is -0.360 e. The largest absolute Gasteiger partial charge is 0.360 e. The zero-order valence-electron chi connectivity index (χ0n) is 12.0. The van der Waals surface area contributed by atoms with Crippen molar-refractivity contribution in [1.29, 1.82) is 0 Å². The summed E-state index contributed by atoms with van der Waals surface area (Å²) in [7, 11) is 0. The monoisotopic (exact) mass is 327 g/mol. The lowest BCUT2D eigenvalue weighted by Crippen LogP contribution is -2.24. The molecular weight excluding hydrogens is 310 g/mol. The molecule has 9 heteroatoms. The van der Waals surface area contributed by atoms with Crippen molar-refractivity contribution in [3.63, 3.8) is 0 Å². The number of aromatic nitrogens is 3. The lowest BCUT2D eigenvalue weighted by Gasteiger charge is -2.10. The number of amides is 1. The molecule has 0 fully saturated rings. The predicted molar refractivity (Wildman–Crippen MR) is 83.9 cm³/mol. The van der Waals surface area contributed by atoms with Crippen molar-refractivity contribution >= 4 is 40.0 Å². The molecular formula is C12H17N5O2S2. The SMILES string of the molecule is CCNc1nnc(SC(CC)C(=O)Nc2cc(C)on2)s1. The first-order valence-electron chi connectivity index (χ1n) is 6.60. The Hall–Kier alpha value is -1.61. The van der Waals surface area contributed by atoms with E-state index in [0.29, 0.717) is 18.0 Å². The Balaban J connectivity index is 1.96. The highest BCUT2D eigenvalue weighted by Gasteiger charge is 2.21. The number of hydrogen-bond acceptors (Lipinski definition) is 8. The van der Waals surface area contributed by atoms with Crippen LogP contribution in [0.5, 0.6) is 0 Å². The number of nitrogens with zero attached hydrogens (tertiary/aromatic N) is 3. The zero-order chi connectivity index (χ0) is 15.2. The van der Waals surface area contributed by atoms with Crippen molar-refractivity contribution in [2.24, 2.45) is 0 Å². The van der Waals surface area contributed by atoms with Crippen LogP contribution in [0.15, 0.2) is 14.9 Å². The third-order valence-corrected chi connectivity index (χ3v) is 4.85. The number of carbonyl (C=O) groups is 1. The van der Waals surface area contributed by atoms with E-state index >= 15 is 0 Å². The molecule has 0 saturated heterocycles. The van der Waals surface area contributed by atoms with Gasteiger partial charge in [0.15, 0.2) is 10.2 Å². The van der Waals surface area contributed by atoms with Crippen LogP contribution in [0, 0.1) is 6.92 Å². The van der Waals surface area contributed by atoms with Crippen LogP contribution in [0.25, 0.3) is 0 Å². The van der Waals surface area contributed by atoms with E-state index < -0.39 is 0 Å². The van der Waals surface area contributed by atoms with Gasteiger partial charge in [-0.2, -0.15) is 0 Å². The van der Waals surface area contributed by atoms with Crippen molar-refractivity contribution in [2.75, 3.05) is 17.2 Å². The summed E-state index contributed by atoms with van der Waals surface area (Å²) in [5.74, 6) is 0.976. The number of thioether (sulfide) groups is 1. The van der Waals surface area contributed by atoms with Gasteiger partial charge in [0.25, 0.3) is 0 Å². The van der Waals surface area contributed by atoms with Gasteiger partial charge in [0.05, 0.1) is 5.25 Å².